The predicted molar refractivity (Wildman–Crippen MR) is 76.3 cm³/mol. The Hall–Kier alpha value is -1.07. The van der Waals surface area contributed by atoms with E-state index in [4.69, 9.17) is 16.3 Å². The van der Waals surface area contributed by atoms with Crippen molar-refractivity contribution in [1.29, 1.82) is 0 Å². The Labute approximate surface area is 122 Å². The molecule has 1 atom stereocenters. The number of nitrogens with zero attached hydrogens (tertiary/aromatic N) is 3. The van der Waals surface area contributed by atoms with Gasteiger partial charge in [0.05, 0.1) is 6.10 Å². The van der Waals surface area contributed by atoms with E-state index in [0.717, 1.165) is 38.2 Å². The molecule has 6 heteroatoms. The zero-order valence-electron chi connectivity index (χ0n) is 11.5. The van der Waals surface area contributed by atoms with Gasteiger partial charge in [-0.25, -0.2) is 4.79 Å². The number of aromatic nitrogens is 2. The minimum absolute atomic E-state index is 0.223. The zero-order chi connectivity index (χ0) is 13.9. The molecule has 4 rings (SSSR count). The molecular formula is C14H18ClN3O2. The number of fused-ring (bicyclic) bond motifs is 3. The lowest BCUT2D eigenvalue weighted by Gasteiger charge is -2.53. The molecule has 108 valence electrons. The molecule has 1 spiro atoms. The van der Waals surface area contributed by atoms with Gasteiger partial charge in [-0.05, 0) is 31.1 Å². The highest BCUT2D eigenvalue weighted by Gasteiger charge is 2.50. The Bertz CT molecular complexity index is 609. The normalized spacial score (nSPS) is 34.8. The van der Waals surface area contributed by atoms with Gasteiger partial charge in [0, 0.05) is 32.3 Å². The van der Waals surface area contributed by atoms with Crippen LogP contribution in [0.25, 0.3) is 0 Å². The van der Waals surface area contributed by atoms with E-state index in [1.807, 2.05) is 6.07 Å². The lowest BCUT2D eigenvalue weighted by Crippen LogP contribution is -2.53. The summed E-state index contributed by atoms with van der Waals surface area (Å²) in [5.74, 6) is 0.942. The van der Waals surface area contributed by atoms with Crippen molar-refractivity contribution in [3.05, 3.63) is 21.7 Å². The summed E-state index contributed by atoms with van der Waals surface area (Å²) in [6, 6.07) is 2.23. The molecular weight excluding hydrogens is 278 g/mol. The molecule has 1 aromatic rings. The second-order valence-electron chi connectivity index (χ2n) is 6.40. The summed E-state index contributed by atoms with van der Waals surface area (Å²) in [4.78, 5) is 18.1. The first-order chi connectivity index (χ1) is 9.60. The topological polar surface area (TPSA) is 47.4 Å². The van der Waals surface area contributed by atoms with Gasteiger partial charge in [0.15, 0.2) is 0 Å². The van der Waals surface area contributed by atoms with E-state index in [1.54, 1.807) is 11.7 Å². The van der Waals surface area contributed by atoms with Crippen LogP contribution in [0.4, 0.5) is 5.82 Å². The highest BCUT2D eigenvalue weighted by molar-refractivity contribution is 6.29. The van der Waals surface area contributed by atoms with Crippen LogP contribution in [0.2, 0.25) is 5.15 Å². The molecule has 3 aliphatic rings. The van der Waals surface area contributed by atoms with E-state index in [2.05, 4.69) is 9.88 Å². The fourth-order valence-corrected chi connectivity index (χ4v) is 4.42. The number of rotatable bonds is 1. The van der Waals surface area contributed by atoms with Crippen molar-refractivity contribution in [2.24, 2.45) is 5.41 Å². The van der Waals surface area contributed by atoms with Crippen molar-refractivity contribution in [1.82, 2.24) is 9.55 Å². The summed E-state index contributed by atoms with van der Waals surface area (Å²) in [5.41, 5.74) is 0.212. The first-order valence-electron chi connectivity index (χ1n) is 7.17. The van der Waals surface area contributed by atoms with Gasteiger partial charge < -0.3 is 9.64 Å². The maximum Gasteiger partial charge on any atom is 0.350 e. The maximum absolute atomic E-state index is 11.9. The van der Waals surface area contributed by atoms with Crippen LogP contribution >= 0.6 is 11.6 Å². The van der Waals surface area contributed by atoms with Gasteiger partial charge in [-0.3, -0.25) is 4.57 Å². The van der Waals surface area contributed by atoms with Crippen molar-refractivity contribution in [3.8, 4) is 0 Å². The van der Waals surface area contributed by atoms with Crippen molar-refractivity contribution >= 4 is 17.4 Å². The molecule has 1 saturated heterocycles. The van der Waals surface area contributed by atoms with Gasteiger partial charge in [-0.2, -0.15) is 4.98 Å². The number of halogens is 1. The average molecular weight is 296 g/mol. The molecule has 0 N–H and O–H groups in total. The fraction of sp³-hybridized carbons (Fsp3) is 0.714. The molecule has 20 heavy (non-hydrogen) atoms. The third-order valence-corrected chi connectivity index (χ3v) is 5.49. The third-order valence-electron chi connectivity index (χ3n) is 5.29. The summed E-state index contributed by atoms with van der Waals surface area (Å²) in [6.07, 6.45) is 5.09. The van der Waals surface area contributed by atoms with Crippen molar-refractivity contribution in [2.75, 3.05) is 18.6 Å². The summed E-state index contributed by atoms with van der Waals surface area (Å²) in [6.45, 7) is 1.75. The molecule has 0 amide bonds. The third kappa shape index (κ3) is 1.72. The lowest BCUT2D eigenvalue weighted by atomic mass is 9.60. The highest BCUT2D eigenvalue weighted by Crippen LogP contribution is 2.53. The molecule has 2 aliphatic heterocycles. The maximum atomic E-state index is 11.9. The molecule has 1 saturated carbocycles. The number of methoxy groups -OCH3 is 1. The second kappa shape index (κ2) is 4.21. The molecule has 2 fully saturated rings. The van der Waals surface area contributed by atoms with Gasteiger partial charge in [0.25, 0.3) is 0 Å². The van der Waals surface area contributed by atoms with Crippen LogP contribution in [0.1, 0.15) is 25.7 Å². The average Bonchev–Trinajstić information content (AvgIpc) is 2.73. The van der Waals surface area contributed by atoms with E-state index >= 15 is 0 Å². The van der Waals surface area contributed by atoms with E-state index in [9.17, 15) is 4.79 Å². The van der Waals surface area contributed by atoms with E-state index in [1.165, 1.54) is 6.42 Å². The van der Waals surface area contributed by atoms with Gasteiger partial charge in [0.1, 0.15) is 11.0 Å². The standard InChI is InChI=1S/C14H18ClN3O2/c1-20-10-6-14(7-10)2-3-17-9(5-14)8-18-12(17)4-11(15)16-13(18)19/h4,9-10H,2-3,5-8H2,1H3. The van der Waals surface area contributed by atoms with Crippen LogP contribution in [-0.4, -0.2) is 35.4 Å². The first kappa shape index (κ1) is 12.7. The van der Waals surface area contributed by atoms with Crippen LogP contribution in [0.5, 0.6) is 0 Å². The lowest BCUT2D eigenvalue weighted by molar-refractivity contribution is -0.0764. The number of ether oxygens (including phenoxy) is 1. The second-order valence-corrected chi connectivity index (χ2v) is 6.78. The number of anilines is 1. The molecule has 0 aromatic carbocycles. The summed E-state index contributed by atoms with van der Waals surface area (Å²) in [7, 11) is 1.80. The Kier molecular flexibility index (Phi) is 2.67. The van der Waals surface area contributed by atoms with Crippen LogP contribution in [-0.2, 0) is 11.3 Å². The molecule has 3 heterocycles. The molecule has 1 aromatic heterocycles. The van der Waals surface area contributed by atoms with Crippen LogP contribution in [0.3, 0.4) is 0 Å². The fourth-order valence-electron chi connectivity index (χ4n) is 4.25. The Balaban J connectivity index is 1.59. The van der Waals surface area contributed by atoms with Crippen LogP contribution in [0, 0.1) is 5.41 Å². The largest absolute Gasteiger partial charge is 0.381 e. The van der Waals surface area contributed by atoms with Crippen molar-refractivity contribution < 1.29 is 4.74 Å². The molecule has 1 unspecified atom stereocenters. The predicted octanol–water partition coefficient (Wildman–Crippen LogP) is 1.67. The van der Waals surface area contributed by atoms with Crippen LogP contribution in [0.15, 0.2) is 10.9 Å². The zero-order valence-corrected chi connectivity index (χ0v) is 12.3. The number of piperidine rings is 1. The number of hydrogen-bond acceptors (Lipinski definition) is 4. The number of hydrogen-bond donors (Lipinski definition) is 0. The minimum atomic E-state index is -0.223. The van der Waals surface area contributed by atoms with Gasteiger partial charge in [0.2, 0.25) is 0 Å². The monoisotopic (exact) mass is 295 g/mol. The molecule has 0 bridgehead atoms. The molecule has 0 radical (unpaired) electrons. The Morgan fingerprint density at radius 2 is 2.25 bits per heavy atom. The van der Waals surface area contributed by atoms with Gasteiger partial charge >= 0.3 is 5.69 Å². The smallest absolute Gasteiger partial charge is 0.350 e. The SMILES string of the molecule is COC1CC2(CCN3c4cc(Cl)nc(=O)n4CC3C2)C1. The van der Waals surface area contributed by atoms with Gasteiger partial charge in [-0.15, -0.1) is 0 Å². The quantitative estimate of drug-likeness (QED) is 0.740. The summed E-state index contributed by atoms with van der Waals surface area (Å²) >= 11 is 5.92. The minimum Gasteiger partial charge on any atom is -0.381 e. The van der Waals surface area contributed by atoms with Gasteiger partial charge in [-0.1, -0.05) is 11.6 Å². The first-order valence-corrected chi connectivity index (χ1v) is 7.55. The Morgan fingerprint density at radius 3 is 3.00 bits per heavy atom. The summed E-state index contributed by atoms with van der Waals surface area (Å²) in [5, 5.41) is 0.297. The Morgan fingerprint density at radius 1 is 1.45 bits per heavy atom. The van der Waals surface area contributed by atoms with E-state index in [-0.39, 0.29) is 5.69 Å². The van der Waals surface area contributed by atoms with Crippen molar-refractivity contribution in [3.63, 3.8) is 0 Å². The van der Waals surface area contributed by atoms with E-state index < -0.39 is 0 Å². The molecule has 5 nitrogen and oxygen atoms in total. The summed E-state index contributed by atoms with van der Waals surface area (Å²) < 4.78 is 7.19. The van der Waals surface area contributed by atoms with Crippen LogP contribution < -0.4 is 10.6 Å². The molecule has 1 aliphatic carbocycles. The van der Waals surface area contributed by atoms with Crippen molar-refractivity contribution in [2.45, 2.75) is 44.4 Å². The van der Waals surface area contributed by atoms with E-state index in [0.29, 0.717) is 22.7 Å². The highest BCUT2D eigenvalue weighted by atomic mass is 35.5.